The van der Waals surface area contributed by atoms with E-state index in [2.05, 4.69) is 27.0 Å². The van der Waals surface area contributed by atoms with E-state index in [-0.39, 0.29) is 0 Å². The number of nitrogens with two attached hydrogens (primary N) is 1. The predicted molar refractivity (Wildman–Crippen MR) is 70.2 cm³/mol. The molecule has 16 heavy (non-hydrogen) atoms. The first-order valence-electron chi connectivity index (χ1n) is 6.11. The van der Waals surface area contributed by atoms with E-state index >= 15 is 0 Å². The molecule has 3 heteroatoms. The molecule has 1 atom stereocenters. The Kier molecular flexibility index (Phi) is 4.36. The lowest BCUT2D eigenvalue weighted by Gasteiger charge is -2.18. The fraction of sp³-hybridized carbons (Fsp3) is 0.615. The first kappa shape index (κ1) is 12.1. The van der Waals surface area contributed by atoms with Crippen molar-refractivity contribution in [1.29, 1.82) is 0 Å². The Balaban J connectivity index is 1.82. The van der Waals surface area contributed by atoms with Crippen molar-refractivity contribution in [3.8, 4) is 0 Å². The number of pyridine rings is 1. The summed E-state index contributed by atoms with van der Waals surface area (Å²) in [6.45, 7) is 0. The van der Waals surface area contributed by atoms with Crippen LogP contribution >= 0.6 is 15.9 Å². The van der Waals surface area contributed by atoms with Gasteiger partial charge < -0.3 is 5.73 Å². The van der Waals surface area contributed by atoms with Gasteiger partial charge in [-0.3, -0.25) is 4.98 Å². The molecule has 1 aliphatic rings. The van der Waals surface area contributed by atoms with Crippen molar-refractivity contribution in [2.45, 2.75) is 44.6 Å². The van der Waals surface area contributed by atoms with Crippen LogP contribution in [0.3, 0.4) is 0 Å². The number of hydrogen-bond acceptors (Lipinski definition) is 2. The first-order valence-corrected chi connectivity index (χ1v) is 6.90. The minimum absolute atomic E-state index is 0.376. The van der Waals surface area contributed by atoms with Gasteiger partial charge in [0.1, 0.15) is 0 Å². The van der Waals surface area contributed by atoms with E-state index < -0.39 is 0 Å². The molecule has 0 bridgehead atoms. The minimum atomic E-state index is 0.376. The molecule has 2 rings (SSSR count). The third kappa shape index (κ3) is 3.29. The molecule has 2 nitrogen and oxygen atoms in total. The fourth-order valence-electron chi connectivity index (χ4n) is 2.55. The van der Waals surface area contributed by atoms with Crippen LogP contribution in [-0.2, 0) is 6.42 Å². The monoisotopic (exact) mass is 282 g/mol. The molecule has 1 aromatic heterocycles. The Bertz CT molecular complexity index is 334. The van der Waals surface area contributed by atoms with Gasteiger partial charge in [-0.1, -0.05) is 12.8 Å². The van der Waals surface area contributed by atoms with Crippen LogP contribution < -0.4 is 5.73 Å². The highest BCUT2D eigenvalue weighted by molar-refractivity contribution is 9.10. The summed E-state index contributed by atoms with van der Waals surface area (Å²) in [5.74, 6) is 0.764. The molecule has 0 aliphatic heterocycles. The summed E-state index contributed by atoms with van der Waals surface area (Å²) >= 11 is 3.44. The van der Waals surface area contributed by atoms with Crippen LogP contribution in [0.25, 0.3) is 0 Å². The zero-order valence-electron chi connectivity index (χ0n) is 9.53. The summed E-state index contributed by atoms with van der Waals surface area (Å²) in [7, 11) is 0. The molecule has 2 N–H and O–H groups in total. The van der Waals surface area contributed by atoms with Crippen molar-refractivity contribution in [1.82, 2.24) is 4.98 Å². The summed E-state index contributed by atoms with van der Waals surface area (Å²) in [4.78, 5) is 4.17. The van der Waals surface area contributed by atoms with Crippen molar-refractivity contribution in [2.75, 3.05) is 0 Å². The van der Waals surface area contributed by atoms with Gasteiger partial charge in [0.15, 0.2) is 0 Å². The van der Waals surface area contributed by atoms with Crippen LogP contribution in [-0.4, -0.2) is 11.0 Å². The molecule has 1 aliphatic carbocycles. The zero-order valence-corrected chi connectivity index (χ0v) is 11.1. The first-order chi connectivity index (χ1) is 7.75. The second-order valence-corrected chi connectivity index (χ2v) is 5.67. The van der Waals surface area contributed by atoms with Crippen molar-refractivity contribution >= 4 is 15.9 Å². The highest BCUT2D eigenvalue weighted by Gasteiger charge is 2.21. The summed E-state index contributed by atoms with van der Waals surface area (Å²) in [6.07, 6.45) is 11.3. The van der Waals surface area contributed by atoms with Gasteiger partial charge in [0.2, 0.25) is 0 Å². The van der Waals surface area contributed by atoms with E-state index in [4.69, 9.17) is 5.73 Å². The van der Waals surface area contributed by atoms with Crippen LogP contribution in [0.2, 0.25) is 0 Å². The quantitative estimate of drug-likeness (QED) is 0.920. The molecule has 1 unspecified atom stereocenters. The second kappa shape index (κ2) is 5.78. The Morgan fingerprint density at radius 3 is 2.81 bits per heavy atom. The zero-order chi connectivity index (χ0) is 11.4. The van der Waals surface area contributed by atoms with Gasteiger partial charge in [0, 0.05) is 22.9 Å². The number of halogens is 1. The summed E-state index contributed by atoms with van der Waals surface area (Å²) < 4.78 is 1.06. The molecule has 1 saturated carbocycles. The van der Waals surface area contributed by atoms with Crippen molar-refractivity contribution in [3.63, 3.8) is 0 Å². The molecular formula is C13H19BrN2. The standard InChI is InChI=1S/C13H19BrN2/c14-12-7-10(8-16-9-12)5-6-13(15)11-3-1-2-4-11/h7-9,11,13H,1-6,15H2. The Morgan fingerprint density at radius 2 is 2.12 bits per heavy atom. The third-order valence-electron chi connectivity index (χ3n) is 3.53. The van der Waals surface area contributed by atoms with E-state index in [9.17, 15) is 0 Å². The lowest BCUT2D eigenvalue weighted by atomic mass is 9.94. The molecule has 1 fully saturated rings. The number of nitrogens with zero attached hydrogens (tertiary/aromatic N) is 1. The van der Waals surface area contributed by atoms with Crippen molar-refractivity contribution in [3.05, 3.63) is 28.5 Å². The van der Waals surface area contributed by atoms with E-state index in [1.165, 1.54) is 31.2 Å². The van der Waals surface area contributed by atoms with Gasteiger partial charge in [-0.05, 0) is 59.2 Å². The number of aryl methyl sites for hydroxylation is 1. The number of aromatic nitrogens is 1. The molecule has 1 heterocycles. The molecule has 1 aromatic rings. The van der Waals surface area contributed by atoms with Crippen LogP contribution in [0, 0.1) is 5.92 Å². The Morgan fingerprint density at radius 1 is 1.38 bits per heavy atom. The van der Waals surface area contributed by atoms with Crippen LogP contribution in [0.1, 0.15) is 37.7 Å². The molecule has 0 amide bonds. The van der Waals surface area contributed by atoms with Crippen molar-refractivity contribution < 1.29 is 0 Å². The van der Waals surface area contributed by atoms with E-state index in [1.807, 2.05) is 12.4 Å². The maximum Gasteiger partial charge on any atom is 0.0410 e. The van der Waals surface area contributed by atoms with Crippen molar-refractivity contribution in [2.24, 2.45) is 11.7 Å². The smallest absolute Gasteiger partial charge is 0.0410 e. The summed E-state index contributed by atoms with van der Waals surface area (Å²) in [6, 6.07) is 2.51. The summed E-state index contributed by atoms with van der Waals surface area (Å²) in [5.41, 5.74) is 7.51. The minimum Gasteiger partial charge on any atom is -0.327 e. The average molecular weight is 283 g/mol. The van der Waals surface area contributed by atoms with Gasteiger partial charge in [-0.25, -0.2) is 0 Å². The lowest BCUT2D eigenvalue weighted by molar-refractivity contribution is 0.410. The molecule has 0 spiro atoms. The van der Waals surface area contributed by atoms with Gasteiger partial charge >= 0.3 is 0 Å². The van der Waals surface area contributed by atoms with Crippen LogP contribution in [0.4, 0.5) is 0 Å². The van der Waals surface area contributed by atoms with Gasteiger partial charge in [0.05, 0.1) is 0 Å². The van der Waals surface area contributed by atoms with Gasteiger partial charge in [0.25, 0.3) is 0 Å². The molecule has 0 aromatic carbocycles. The predicted octanol–water partition coefficient (Wildman–Crippen LogP) is 3.29. The van der Waals surface area contributed by atoms with Gasteiger partial charge in [-0.2, -0.15) is 0 Å². The average Bonchev–Trinajstić information content (AvgIpc) is 2.79. The SMILES string of the molecule is NC(CCc1cncc(Br)c1)C1CCCC1. The topological polar surface area (TPSA) is 38.9 Å². The second-order valence-electron chi connectivity index (χ2n) is 4.76. The van der Waals surface area contributed by atoms with Crippen LogP contribution in [0.15, 0.2) is 22.9 Å². The largest absolute Gasteiger partial charge is 0.327 e. The molecule has 88 valence electrons. The highest BCUT2D eigenvalue weighted by Crippen LogP contribution is 2.28. The van der Waals surface area contributed by atoms with E-state index in [0.29, 0.717) is 6.04 Å². The Hall–Kier alpha value is -0.410. The third-order valence-corrected chi connectivity index (χ3v) is 3.97. The number of rotatable bonds is 4. The lowest BCUT2D eigenvalue weighted by Crippen LogP contribution is -2.28. The maximum atomic E-state index is 6.23. The fourth-order valence-corrected chi connectivity index (χ4v) is 2.96. The maximum absolute atomic E-state index is 6.23. The normalized spacial score (nSPS) is 18.9. The highest BCUT2D eigenvalue weighted by atomic mass is 79.9. The molecular weight excluding hydrogens is 264 g/mol. The van der Waals surface area contributed by atoms with E-state index in [1.54, 1.807) is 0 Å². The van der Waals surface area contributed by atoms with Gasteiger partial charge in [-0.15, -0.1) is 0 Å². The van der Waals surface area contributed by atoms with E-state index in [0.717, 1.165) is 23.2 Å². The Labute approximate surface area is 106 Å². The van der Waals surface area contributed by atoms with Crippen LogP contribution in [0.5, 0.6) is 0 Å². The summed E-state index contributed by atoms with van der Waals surface area (Å²) in [5, 5.41) is 0. The molecule has 0 saturated heterocycles. The number of hydrogen-bond donors (Lipinski definition) is 1. The molecule has 0 radical (unpaired) electrons.